The SMILES string of the molecule is CCOC(=O)[C@@H]1CCCN(CCC(=O)Nc2ccccc2)C1. The van der Waals surface area contributed by atoms with Gasteiger partial charge in [-0.05, 0) is 38.4 Å². The average molecular weight is 304 g/mol. The summed E-state index contributed by atoms with van der Waals surface area (Å²) in [5.41, 5.74) is 0.815. The van der Waals surface area contributed by atoms with Crippen molar-refractivity contribution < 1.29 is 14.3 Å². The van der Waals surface area contributed by atoms with E-state index in [9.17, 15) is 9.59 Å². The van der Waals surface area contributed by atoms with Crippen molar-refractivity contribution in [3.8, 4) is 0 Å². The number of para-hydroxylation sites is 1. The van der Waals surface area contributed by atoms with Gasteiger partial charge in [-0.3, -0.25) is 9.59 Å². The zero-order valence-corrected chi connectivity index (χ0v) is 13.1. The van der Waals surface area contributed by atoms with E-state index in [1.807, 2.05) is 37.3 Å². The number of nitrogens with zero attached hydrogens (tertiary/aromatic N) is 1. The number of hydrogen-bond acceptors (Lipinski definition) is 4. The van der Waals surface area contributed by atoms with Gasteiger partial charge in [-0.25, -0.2) is 0 Å². The van der Waals surface area contributed by atoms with E-state index >= 15 is 0 Å². The zero-order valence-electron chi connectivity index (χ0n) is 13.1. The lowest BCUT2D eigenvalue weighted by molar-refractivity contribution is -0.149. The Hall–Kier alpha value is -1.88. The Labute approximate surface area is 131 Å². The van der Waals surface area contributed by atoms with Gasteiger partial charge in [0, 0.05) is 25.2 Å². The molecule has 22 heavy (non-hydrogen) atoms. The van der Waals surface area contributed by atoms with E-state index in [0.29, 0.717) is 26.1 Å². The van der Waals surface area contributed by atoms with Gasteiger partial charge in [0.25, 0.3) is 0 Å². The fourth-order valence-corrected chi connectivity index (χ4v) is 2.72. The smallest absolute Gasteiger partial charge is 0.310 e. The number of carbonyl (C=O) groups is 2. The minimum absolute atomic E-state index is 0.00413. The molecule has 5 heteroatoms. The van der Waals surface area contributed by atoms with Crippen LogP contribution in [0.2, 0.25) is 0 Å². The first-order chi connectivity index (χ1) is 10.7. The second-order valence-electron chi connectivity index (χ2n) is 5.56. The van der Waals surface area contributed by atoms with Crippen LogP contribution >= 0.6 is 0 Å². The standard InChI is InChI=1S/C17H24N2O3/c1-2-22-17(21)14-7-6-11-19(13-14)12-10-16(20)18-15-8-4-3-5-9-15/h3-5,8-9,14H,2,6-7,10-13H2,1H3,(H,18,20)/t14-/m1/s1. The number of anilines is 1. The van der Waals surface area contributed by atoms with Crippen molar-refractivity contribution >= 4 is 17.6 Å². The third kappa shape index (κ3) is 5.15. The summed E-state index contributed by atoms with van der Waals surface area (Å²) in [4.78, 5) is 25.9. The van der Waals surface area contributed by atoms with Crippen molar-refractivity contribution in [3.63, 3.8) is 0 Å². The molecule has 1 saturated heterocycles. The summed E-state index contributed by atoms with van der Waals surface area (Å²) in [5.74, 6) is -0.156. The second kappa shape index (κ2) is 8.54. The van der Waals surface area contributed by atoms with E-state index in [2.05, 4.69) is 10.2 Å². The molecule has 1 atom stereocenters. The number of benzene rings is 1. The molecule has 5 nitrogen and oxygen atoms in total. The molecule has 0 spiro atoms. The maximum absolute atomic E-state index is 11.9. The Morgan fingerprint density at radius 3 is 2.82 bits per heavy atom. The highest BCUT2D eigenvalue weighted by Crippen LogP contribution is 2.18. The minimum atomic E-state index is -0.110. The lowest BCUT2D eigenvalue weighted by Crippen LogP contribution is -2.40. The molecule has 1 N–H and O–H groups in total. The van der Waals surface area contributed by atoms with Crippen molar-refractivity contribution in [2.24, 2.45) is 5.92 Å². The highest BCUT2D eigenvalue weighted by molar-refractivity contribution is 5.90. The Kier molecular flexibility index (Phi) is 6.40. The van der Waals surface area contributed by atoms with Crippen molar-refractivity contribution in [2.75, 3.05) is 31.6 Å². The van der Waals surface area contributed by atoms with E-state index in [1.165, 1.54) is 0 Å². The molecule has 1 heterocycles. The van der Waals surface area contributed by atoms with Crippen LogP contribution in [0.3, 0.4) is 0 Å². The highest BCUT2D eigenvalue weighted by Gasteiger charge is 2.26. The average Bonchev–Trinajstić information content (AvgIpc) is 2.54. The van der Waals surface area contributed by atoms with Crippen LogP contribution in [-0.2, 0) is 14.3 Å². The molecule has 1 aliphatic heterocycles. The molecular formula is C17H24N2O3. The van der Waals surface area contributed by atoms with Crippen LogP contribution in [0.15, 0.2) is 30.3 Å². The van der Waals surface area contributed by atoms with Gasteiger partial charge >= 0.3 is 5.97 Å². The van der Waals surface area contributed by atoms with Gasteiger partial charge in [0.15, 0.2) is 0 Å². The summed E-state index contributed by atoms with van der Waals surface area (Å²) in [6.45, 7) is 4.56. The van der Waals surface area contributed by atoms with E-state index in [0.717, 1.165) is 25.1 Å². The summed E-state index contributed by atoms with van der Waals surface area (Å²) in [7, 11) is 0. The zero-order chi connectivity index (χ0) is 15.8. The fourth-order valence-electron chi connectivity index (χ4n) is 2.72. The predicted molar refractivity (Wildman–Crippen MR) is 85.5 cm³/mol. The van der Waals surface area contributed by atoms with Crippen molar-refractivity contribution in [3.05, 3.63) is 30.3 Å². The highest BCUT2D eigenvalue weighted by atomic mass is 16.5. The van der Waals surface area contributed by atoms with Gasteiger partial charge in [-0.1, -0.05) is 18.2 Å². The Balaban J connectivity index is 1.74. The second-order valence-corrected chi connectivity index (χ2v) is 5.56. The number of amides is 1. The lowest BCUT2D eigenvalue weighted by Gasteiger charge is -2.31. The summed E-state index contributed by atoms with van der Waals surface area (Å²) in [5, 5.41) is 2.88. The van der Waals surface area contributed by atoms with Gasteiger partial charge in [-0.2, -0.15) is 0 Å². The fraction of sp³-hybridized carbons (Fsp3) is 0.529. The Bertz CT molecular complexity index is 490. The molecule has 120 valence electrons. The van der Waals surface area contributed by atoms with Crippen LogP contribution in [0, 0.1) is 5.92 Å². The van der Waals surface area contributed by atoms with Crippen LogP contribution in [0.5, 0.6) is 0 Å². The monoisotopic (exact) mass is 304 g/mol. The molecule has 1 aromatic carbocycles. The molecule has 0 aliphatic carbocycles. The Morgan fingerprint density at radius 2 is 2.09 bits per heavy atom. The molecule has 1 aliphatic rings. The minimum Gasteiger partial charge on any atom is -0.466 e. The molecule has 0 bridgehead atoms. The van der Waals surface area contributed by atoms with E-state index < -0.39 is 0 Å². The molecule has 0 unspecified atom stereocenters. The van der Waals surface area contributed by atoms with Crippen LogP contribution in [0.25, 0.3) is 0 Å². The van der Waals surface area contributed by atoms with Gasteiger partial charge < -0.3 is 15.0 Å². The first-order valence-corrected chi connectivity index (χ1v) is 7.93. The van der Waals surface area contributed by atoms with E-state index in [4.69, 9.17) is 4.74 Å². The van der Waals surface area contributed by atoms with Crippen molar-refractivity contribution in [1.82, 2.24) is 4.90 Å². The lowest BCUT2D eigenvalue weighted by atomic mass is 9.98. The summed E-state index contributed by atoms with van der Waals surface area (Å²) in [6, 6.07) is 9.44. The molecule has 1 amide bonds. The van der Waals surface area contributed by atoms with E-state index in [-0.39, 0.29) is 17.8 Å². The number of esters is 1. The molecule has 0 saturated carbocycles. The number of carbonyl (C=O) groups excluding carboxylic acids is 2. The maximum Gasteiger partial charge on any atom is 0.310 e. The number of piperidine rings is 1. The number of likely N-dealkylation sites (tertiary alicyclic amines) is 1. The topological polar surface area (TPSA) is 58.6 Å². The van der Waals surface area contributed by atoms with Crippen LogP contribution in [0.1, 0.15) is 26.2 Å². The molecule has 1 aromatic rings. The molecular weight excluding hydrogens is 280 g/mol. The van der Waals surface area contributed by atoms with Crippen LogP contribution < -0.4 is 5.32 Å². The number of hydrogen-bond donors (Lipinski definition) is 1. The van der Waals surface area contributed by atoms with Gasteiger partial charge in [0.2, 0.25) is 5.91 Å². The van der Waals surface area contributed by atoms with Gasteiger partial charge in [-0.15, -0.1) is 0 Å². The van der Waals surface area contributed by atoms with Crippen molar-refractivity contribution in [1.29, 1.82) is 0 Å². The molecule has 2 rings (SSSR count). The molecule has 1 fully saturated rings. The first-order valence-electron chi connectivity index (χ1n) is 7.93. The van der Waals surface area contributed by atoms with Gasteiger partial charge in [0.1, 0.15) is 0 Å². The Morgan fingerprint density at radius 1 is 1.32 bits per heavy atom. The maximum atomic E-state index is 11.9. The van der Waals surface area contributed by atoms with Crippen LogP contribution in [-0.4, -0.2) is 43.0 Å². The number of rotatable bonds is 6. The predicted octanol–water partition coefficient (Wildman–Crippen LogP) is 2.29. The summed E-state index contributed by atoms with van der Waals surface area (Å²) < 4.78 is 5.09. The first kappa shape index (κ1) is 16.5. The normalized spacial score (nSPS) is 18.7. The third-order valence-electron chi connectivity index (χ3n) is 3.84. The number of ether oxygens (including phenoxy) is 1. The quantitative estimate of drug-likeness (QED) is 0.819. The summed E-state index contributed by atoms with van der Waals surface area (Å²) >= 11 is 0. The molecule has 0 aromatic heterocycles. The summed E-state index contributed by atoms with van der Waals surface area (Å²) in [6.07, 6.45) is 2.29. The number of nitrogens with one attached hydrogen (secondary N) is 1. The molecule has 0 radical (unpaired) electrons. The van der Waals surface area contributed by atoms with Gasteiger partial charge in [0.05, 0.1) is 12.5 Å². The van der Waals surface area contributed by atoms with Crippen molar-refractivity contribution in [2.45, 2.75) is 26.2 Å². The van der Waals surface area contributed by atoms with Crippen LogP contribution in [0.4, 0.5) is 5.69 Å². The van der Waals surface area contributed by atoms with E-state index in [1.54, 1.807) is 0 Å². The third-order valence-corrected chi connectivity index (χ3v) is 3.84. The largest absolute Gasteiger partial charge is 0.466 e.